The maximum absolute atomic E-state index is 10.9. The molecule has 0 radical (unpaired) electrons. The number of rotatable bonds is 2. The van der Waals surface area contributed by atoms with Gasteiger partial charge in [0.15, 0.2) is 0 Å². The highest BCUT2D eigenvalue weighted by atomic mass is 16.5. The molecule has 1 rings (SSSR count). The Hall–Kier alpha value is -0.860. The average molecular weight is 184 g/mol. The molecule has 0 aromatic rings. The number of ketones is 1. The maximum Gasteiger partial charge on any atom is 0.374 e. The summed E-state index contributed by atoms with van der Waals surface area (Å²) < 4.78 is 5.01. The van der Waals surface area contributed by atoms with Crippen LogP contribution in [-0.4, -0.2) is 17.9 Å². The molecule has 0 aliphatic heterocycles. The van der Waals surface area contributed by atoms with Crippen LogP contribution in [0, 0.1) is 5.92 Å². The van der Waals surface area contributed by atoms with Gasteiger partial charge < -0.3 is 4.74 Å². The molecule has 1 saturated carbocycles. The molecule has 0 aromatic carbocycles. The molecular formula is C10H16O3. The van der Waals surface area contributed by atoms with Crippen molar-refractivity contribution >= 4 is 11.8 Å². The summed E-state index contributed by atoms with van der Waals surface area (Å²) in [6, 6.07) is 0. The van der Waals surface area contributed by atoms with Crippen molar-refractivity contribution in [3.8, 4) is 0 Å². The molecule has 0 amide bonds. The largest absolute Gasteiger partial charge is 0.457 e. The number of ether oxygens (including phenoxy) is 1. The molecule has 13 heavy (non-hydrogen) atoms. The van der Waals surface area contributed by atoms with Crippen LogP contribution in [0.5, 0.6) is 0 Å². The molecule has 3 heteroatoms. The zero-order valence-corrected chi connectivity index (χ0v) is 8.21. The van der Waals surface area contributed by atoms with Crippen LogP contribution < -0.4 is 0 Å². The predicted octanol–water partition coefficient (Wildman–Crippen LogP) is 1.70. The number of carbonyl (C=O) groups is 2. The molecule has 1 fully saturated rings. The summed E-state index contributed by atoms with van der Waals surface area (Å²) >= 11 is 0. The molecule has 1 aliphatic rings. The van der Waals surface area contributed by atoms with E-state index >= 15 is 0 Å². The fourth-order valence-electron chi connectivity index (χ4n) is 1.58. The van der Waals surface area contributed by atoms with Gasteiger partial charge in [-0.1, -0.05) is 6.92 Å². The van der Waals surface area contributed by atoms with Crippen LogP contribution in [0.4, 0.5) is 0 Å². The quantitative estimate of drug-likeness (QED) is 0.484. The Bertz CT molecular complexity index is 202. The summed E-state index contributed by atoms with van der Waals surface area (Å²) in [6.07, 6.45) is 3.97. The van der Waals surface area contributed by atoms with E-state index in [2.05, 4.69) is 6.92 Å². The van der Waals surface area contributed by atoms with Gasteiger partial charge in [0.25, 0.3) is 0 Å². The number of carbonyl (C=O) groups excluding carboxylic acids is 2. The lowest BCUT2D eigenvalue weighted by Gasteiger charge is -2.25. The Morgan fingerprint density at radius 1 is 1.15 bits per heavy atom. The third-order valence-electron chi connectivity index (χ3n) is 2.52. The Morgan fingerprint density at radius 2 is 1.69 bits per heavy atom. The van der Waals surface area contributed by atoms with E-state index in [0.717, 1.165) is 31.6 Å². The highest BCUT2D eigenvalue weighted by Gasteiger charge is 2.22. The second-order valence-corrected chi connectivity index (χ2v) is 3.84. The summed E-state index contributed by atoms with van der Waals surface area (Å²) in [5.41, 5.74) is 0. The van der Waals surface area contributed by atoms with Gasteiger partial charge in [0, 0.05) is 6.92 Å². The topological polar surface area (TPSA) is 43.4 Å². The fourth-order valence-corrected chi connectivity index (χ4v) is 1.58. The van der Waals surface area contributed by atoms with Crippen LogP contribution in [0.15, 0.2) is 0 Å². The number of esters is 1. The summed E-state index contributed by atoms with van der Waals surface area (Å²) in [4.78, 5) is 21.5. The lowest BCUT2D eigenvalue weighted by atomic mass is 9.89. The highest BCUT2D eigenvalue weighted by molar-refractivity contribution is 6.32. The zero-order valence-electron chi connectivity index (χ0n) is 8.21. The van der Waals surface area contributed by atoms with Gasteiger partial charge in [0.1, 0.15) is 6.10 Å². The van der Waals surface area contributed by atoms with E-state index in [1.807, 2.05) is 0 Å². The third-order valence-corrected chi connectivity index (χ3v) is 2.52. The molecule has 0 bridgehead atoms. The van der Waals surface area contributed by atoms with Crippen molar-refractivity contribution in [2.75, 3.05) is 0 Å². The molecule has 74 valence electrons. The smallest absolute Gasteiger partial charge is 0.374 e. The molecular weight excluding hydrogens is 168 g/mol. The zero-order chi connectivity index (χ0) is 9.84. The van der Waals surface area contributed by atoms with Crippen LogP contribution in [-0.2, 0) is 14.3 Å². The minimum absolute atomic E-state index is 0.0207. The van der Waals surface area contributed by atoms with Gasteiger partial charge in [-0.15, -0.1) is 0 Å². The normalized spacial score (nSPS) is 28.2. The number of Topliss-reactive ketones (excluding diaryl/α,β-unsaturated/α-hetero) is 1. The van der Waals surface area contributed by atoms with Crippen LogP contribution >= 0.6 is 0 Å². The van der Waals surface area contributed by atoms with Crippen molar-refractivity contribution in [2.24, 2.45) is 5.92 Å². The summed E-state index contributed by atoms with van der Waals surface area (Å²) in [6.45, 7) is 3.44. The van der Waals surface area contributed by atoms with E-state index < -0.39 is 11.8 Å². The van der Waals surface area contributed by atoms with Crippen molar-refractivity contribution in [3.05, 3.63) is 0 Å². The Balaban J connectivity index is 2.30. The van der Waals surface area contributed by atoms with E-state index in [4.69, 9.17) is 4.74 Å². The Morgan fingerprint density at radius 3 is 2.15 bits per heavy atom. The summed E-state index contributed by atoms with van der Waals surface area (Å²) in [5, 5.41) is 0. The van der Waals surface area contributed by atoms with Gasteiger partial charge in [0.2, 0.25) is 5.78 Å². The molecule has 0 saturated heterocycles. The van der Waals surface area contributed by atoms with Crippen molar-refractivity contribution in [3.63, 3.8) is 0 Å². The second kappa shape index (κ2) is 4.40. The van der Waals surface area contributed by atoms with E-state index in [0.29, 0.717) is 0 Å². The van der Waals surface area contributed by atoms with Crippen molar-refractivity contribution in [1.82, 2.24) is 0 Å². The Kier molecular flexibility index (Phi) is 3.46. The standard InChI is InChI=1S/C10H16O3/c1-7-3-5-9(6-4-7)13-10(12)8(2)11/h7,9H,3-6H2,1-2H3. The molecule has 3 nitrogen and oxygen atoms in total. The van der Waals surface area contributed by atoms with Crippen molar-refractivity contribution < 1.29 is 14.3 Å². The summed E-state index contributed by atoms with van der Waals surface area (Å²) in [7, 11) is 0. The first-order valence-corrected chi connectivity index (χ1v) is 4.81. The van der Waals surface area contributed by atoms with E-state index in [-0.39, 0.29) is 6.10 Å². The fraction of sp³-hybridized carbons (Fsp3) is 0.800. The minimum Gasteiger partial charge on any atom is -0.457 e. The number of hydrogen-bond donors (Lipinski definition) is 0. The third kappa shape index (κ3) is 3.17. The lowest BCUT2D eigenvalue weighted by Crippen LogP contribution is -2.26. The first-order valence-electron chi connectivity index (χ1n) is 4.81. The number of hydrogen-bond acceptors (Lipinski definition) is 3. The minimum atomic E-state index is -0.681. The predicted molar refractivity (Wildman–Crippen MR) is 48.2 cm³/mol. The van der Waals surface area contributed by atoms with E-state index in [1.54, 1.807) is 0 Å². The van der Waals surface area contributed by atoms with Crippen molar-refractivity contribution in [2.45, 2.75) is 45.6 Å². The van der Waals surface area contributed by atoms with E-state index in [9.17, 15) is 9.59 Å². The van der Waals surface area contributed by atoms with Gasteiger partial charge in [-0.05, 0) is 31.6 Å². The molecule has 0 atom stereocenters. The van der Waals surface area contributed by atoms with Gasteiger partial charge >= 0.3 is 5.97 Å². The van der Waals surface area contributed by atoms with Crippen LogP contribution in [0.3, 0.4) is 0 Å². The maximum atomic E-state index is 10.9. The van der Waals surface area contributed by atoms with Crippen LogP contribution in [0.2, 0.25) is 0 Å². The average Bonchev–Trinajstić information content (AvgIpc) is 2.08. The highest BCUT2D eigenvalue weighted by Crippen LogP contribution is 2.25. The van der Waals surface area contributed by atoms with Gasteiger partial charge in [0.05, 0.1) is 0 Å². The first kappa shape index (κ1) is 10.2. The molecule has 0 heterocycles. The van der Waals surface area contributed by atoms with Gasteiger partial charge in [-0.3, -0.25) is 4.79 Å². The molecule has 0 N–H and O–H groups in total. The van der Waals surface area contributed by atoms with E-state index in [1.165, 1.54) is 6.92 Å². The second-order valence-electron chi connectivity index (χ2n) is 3.84. The Labute approximate surface area is 78.5 Å². The lowest BCUT2D eigenvalue weighted by molar-refractivity contribution is -0.158. The molecule has 1 aliphatic carbocycles. The molecule has 0 aromatic heterocycles. The monoisotopic (exact) mass is 184 g/mol. The molecule has 0 spiro atoms. The van der Waals surface area contributed by atoms with Crippen LogP contribution in [0.25, 0.3) is 0 Å². The SMILES string of the molecule is CC(=O)C(=O)OC1CCC(C)CC1. The van der Waals surface area contributed by atoms with Gasteiger partial charge in [-0.25, -0.2) is 4.79 Å². The summed E-state index contributed by atoms with van der Waals surface area (Å²) in [5.74, 6) is -0.453. The first-order chi connectivity index (χ1) is 6.09. The molecule has 0 unspecified atom stereocenters. The van der Waals surface area contributed by atoms with Crippen molar-refractivity contribution in [1.29, 1.82) is 0 Å². The van der Waals surface area contributed by atoms with Crippen LogP contribution in [0.1, 0.15) is 39.5 Å². The van der Waals surface area contributed by atoms with Gasteiger partial charge in [-0.2, -0.15) is 0 Å².